The number of halogens is 1. The molecule has 0 unspecified atom stereocenters. The lowest BCUT2D eigenvalue weighted by atomic mass is 10.1. The van der Waals surface area contributed by atoms with Crippen LogP contribution in [0.4, 0.5) is 0 Å². The van der Waals surface area contributed by atoms with Crippen molar-refractivity contribution in [2.75, 3.05) is 0 Å². The number of nitrogens with zero attached hydrogens (tertiary/aromatic N) is 1. The van der Waals surface area contributed by atoms with Crippen LogP contribution in [0.2, 0.25) is 0 Å². The summed E-state index contributed by atoms with van der Waals surface area (Å²) in [5.74, 6) is -0.415. The quantitative estimate of drug-likeness (QED) is 0.458. The van der Waals surface area contributed by atoms with Crippen LogP contribution in [0.3, 0.4) is 0 Å². The summed E-state index contributed by atoms with van der Waals surface area (Å²) >= 11 is 2.26. The Morgan fingerprint density at radius 2 is 1.65 bits per heavy atom. The molecule has 0 fully saturated rings. The molecule has 0 N–H and O–H groups in total. The zero-order valence-electron chi connectivity index (χ0n) is 12.3. The van der Waals surface area contributed by atoms with Gasteiger partial charge in [0.05, 0.1) is 5.69 Å². The van der Waals surface area contributed by atoms with Crippen LogP contribution >= 0.6 is 22.6 Å². The van der Waals surface area contributed by atoms with Crippen LogP contribution in [0.5, 0.6) is 0 Å². The first kappa shape index (κ1) is 15.7. The van der Waals surface area contributed by atoms with Crippen molar-refractivity contribution in [1.82, 2.24) is 4.98 Å². The van der Waals surface area contributed by atoms with E-state index in [1.165, 1.54) is 0 Å². The lowest BCUT2D eigenvalue weighted by Gasteiger charge is -2.07. The molecule has 0 saturated carbocycles. The molecule has 1 aromatic heterocycles. The molecule has 4 heteroatoms. The molecule has 0 atom stereocenters. The summed E-state index contributed by atoms with van der Waals surface area (Å²) in [6.07, 6.45) is 0. The van der Waals surface area contributed by atoms with E-state index in [1.54, 1.807) is 6.07 Å². The minimum absolute atomic E-state index is 0.244. The van der Waals surface area contributed by atoms with Crippen molar-refractivity contribution in [3.8, 4) is 11.3 Å². The van der Waals surface area contributed by atoms with Gasteiger partial charge < -0.3 is 4.74 Å². The van der Waals surface area contributed by atoms with Gasteiger partial charge in [0.2, 0.25) is 0 Å². The molecule has 2 aromatic carbocycles. The van der Waals surface area contributed by atoms with Crippen molar-refractivity contribution < 1.29 is 9.53 Å². The molecule has 23 heavy (non-hydrogen) atoms. The summed E-state index contributed by atoms with van der Waals surface area (Å²) in [6, 6.07) is 22.9. The van der Waals surface area contributed by atoms with E-state index < -0.39 is 5.97 Å². The molecule has 0 radical (unpaired) electrons. The first-order valence-corrected chi connectivity index (χ1v) is 8.25. The second kappa shape index (κ2) is 7.37. The summed E-state index contributed by atoms with van der Waals surface area (Å²) in [6.45, 7) is 0.244. The highest BCUT2D eigenvalue weighted by molar-refractivity contribution is 14.1. The summed E-state index contributed by atoms with van der Waals surface area (Å²) in [4.78, 5) is 16.6. The average molecular weight is 415 g/mol. The summed E-state index contributed by atoms with van der Waals surface area (Å²) in [5, 5.41) is 0. The van der Waals surface area contributed by atoms with Crippen LogP contribution in [-0.4, -0.2) is 11.0 Å². The van der Waals surface area contributed by atoms with Crippen LogP contribution in [0.15, 0.2) is 72.8 Å². The summed E-state index contributed by atoms with van der Waals surface area (Å²) in [5.41, 5.74) is 3.04. The smallest absolute Gasteiger partial charge is 0.357 e. The van der Waals surface area contributed by atoms with E-state index >= 15 is 0 Å². The van der Waals surface area contributed by atoms with Gasteiger partial charge in [0.1, 0.15) is 12.3 Å². The molecule has 0 saturated heterocycles. The molecule has 0 aliphatic heterocycles. The summed E-state index contributed by atoms with van der Waals surface area (Å²) in [7, 11) is 0. The second-order valence-electron chi connectivity index (χ2n) is 4.95. The van der Waals surface area contributed by atoms with Gasteiger partial charge in [-0.15, -0.1) is 0 Å². The highest BCUT2D eigenvalue weighted by atomic mass is 127. The lowest BCUT2D eigenvalue weighted by molar-refractivity contribution is 0.0466. The number of carbonyl (C=O) groups is 1. The fourth-order valence-electron chi connectivity index (χ4n) is 2.16. The lowest BCUT2D eigenvalue weighted by Crippen LogP contribution is -2.08. The molecule has 114 valence electrons. The summed E-state index contributed by atoms with van der Waals surface area (Å²) < 4.78 is 6.42. The number of carbonyl (C=O) groups excluding carboxylic acids is 1. The topological polar surface area (TPSA) is 39.2 Å². The van der Waals surface area contributed by atoms with Gasteiger partial charge in [-0.05, 0) is 46.4 Å². The van der Waals surface area contributed by atoms with Gasteiger partial charge in [0.25, 0.3) is 0 Å². The highest BCUT2D eigenvalue weighted by Crippen LogP contribution is 2.23. The predicted octanol–water partition coefficient (Wildman–Crippen LogP) is 4.71. The van der Waals surface area contributed by atoms with E-state index in [2.05, 4.69) is 27.6 Å². The monoisotopic (exact) mass is 415 g/mol. The van der Waals surface area contributed by atoms with E-state index in [9.17, 15) is 4.79 Å². The number of rotatable bonds is 4. The van der Waals surface area contributed by atoms with Gasteiger partial charge in [-0.1, -0.05) is 54.6 Å². The molecule has 0 aliphatic carbocycles. The maximum Gasteiger partial charge on any atom is 0.357 e. The van der Waals surface area contributed by atoms with Crippen LogP contribution in [-0.2, 0) is 11.3 Å². The molecule has 3 aromatic rings. The standard InChI is InChI=1S/C19H14INO2/c20-16-10-5-4-9-15(16)17-11-6-12-18(21-17)19(22)23-13-14-7-2-1-3-8-14/h1-12H,13H2. The molecule has 1 heterocycles. The van der Waals surface area contributed by atoms with E-state index in [1.807, 2.05) is 66.7 Å². The SMILES string of the molecule is O=C(OCc1ccccc1)c1cccc(-c2ccccc2I)n1. The Kier molecular flexibility index (Phi) is 5.02. The van der Waals surface area contributed by atoms with Crippen LogP contribution < -0.4 is 0 Å². The Hall–Kier alpha value is -2.21. The Morgan fingerprint density at radius 3 is 2.43 bits per heavy atom. The van der Waals surface area contributed by atoms with E-state index in [0.29, 0.717) is 5.69 Å². The normalized spacial score (nSPS) is 10.3. The first-order chi connectivity index (χ1) is 11.2. The van der Waals surface area contributed by atoms with Crippen molar-refractivity contribution in [2.24, 2.45) is 0 Å². The van der Waals surface area contributed by atoms with Gasteiger partial charge >= 0.3 is 5.97 Å². The fourth-order valence-corrected chi connectivity index (χ4v) is 2.83. The Bertz CT molecular complexity index is 818. The Balaban J connectivity index is 1.77. The number of ether oxygens (including phenoxy) is 1. The van der Waals surface area contributed by atoms with Crippen LogP contribution in [0, 0.1) is 3.57 Å². The van der Waals surface area contributed by atoms with Gasteiger partial charge in [-0.25, -0.2) is 9.78 Å². The first-order valence-electron chi connectivity index (χ1n) is 7.17. The number of hydrogen-bond donors (Lipinski definition) is 0. The number of benzene rings is 2. The van der Waals surface area contributed by atoms with Gasteiger partial charge in [0.15, 0.2) is 0 Å². The van der Waals surface area contributed by atoms with Gasteiger partial charge in [-0.3, -0.25) is 0 Å². The maximum atomic E-state index is 12.2. The third-order valence-electron chi connectivity index (χ3n) is 3.32. The number of esters is 1. The van der Waals surface area contributed by atoms with E-state index in [0.717, 1.165) is 20.4 Å². The third-order valence-corrected chi connectivity index (χ3v) is 4.26. The highest BCUT2D eigenvalue weighted by Gasteiger charge is 2.11. The van der Waals surface area contributed by atoms with Crippen molar-refractivity contribution in [3.05, 3.63) is 87.6 Å². The Labute approximate surface area is 148 Å². The van der Waals surface area contributed by atoms with E-state index in [4.69, 9.17) is 4.74 Å². The molecule has 3 rings (SSSR count). The predicted molar refractivity (Wildman–Crippen MR) is 98.0 cm³/mol. The fraction of sp³-hybridized carbons (Fsp3) is 0.0526. The van der Waals surface area contributed by atoms with Gasteiger partial charge in [-0.2, -0.15) is 0 Å². The van der Waals surface area contributed by atoms with Gasteiger partial charge in [0, 0.05) is 9.13 Å². The zero-order chi connectivity index (χ0) is 16.1. The second-order valence-corrected chi connectivity index (χ2v) is 6.11. The number of pyridine rings is 1. The largest absolute Gasteiger partial charge is 0.456 e. The zero-order valence-corrected chi connectivity index (χ0v) is 14.4. The minimum Gasteiger partial charge on any atom is -0.456 e. The maximum absolute atomic E-state index is 12.2. The third kappa shape index (κ3) is 3.96. The molecular weight excluding hydrogens is 401 g/mol. The van der Waals surface area contributed by atoms with Crippen molar-refractivity contribution in [3.63, 3.8) is 0 Å². The number of hydrogen-bond acceptors (Lipinski definition) is 3. The Morgan fingerprint density at radius 1 is 0.913 bits per heavy atom. The molecule has 0 amide bonds. The number of aromatic nitrogens is 1. The molecule has 0 bridgehead atoms. The van der Waals surface area contributed by atoms with Crippen LogP contribution in [0.1, 0.15) is 16.1 Å². The van der Waals surface area contributed by atoms with E-state index in [-0.39, 0.29) is 6.61 Å². The minimum atomic E-state index is -0.415. The van der Waals surface area contributed by atoms with Crippen LogP contribution in [0.25, 0.3) is 11.3 Å². The van der Waals surface area contributed by atoms with Crippen molar-refractivity contribution >= 4 is 28.6 Å². The average Bonchev–Trinajstić information content (AvgIpc) is 2.61. The molecular formula is C19H14INO2. The molecule has 0 spiro atoms. The van der Waals surface area contributed by atoms with Crippen molar-refractivity contribution in [1.29, 1.82) is 0 Å². The van der Waals surface area contributed by atoms with Crippen molar-refractivity contribution in [2.45, 2.75) is 6.61 Å². The molecule has 3 nitrogen and oxygen atoms in total. The molecule has 0 aliphatic rings.